The van der Waals surface area contributed by atoms with Gasteiger partial charge in [-0.05, 0) is 13.0 Å². The number of anilines is 3. The van der Waals surface area contributed by atoms with Crippen molar-refractivity contribution in [1.29, 1.82) is 0 Å². The minimum absolute atomic E-state index is 0.0127. The summed E-state index contributed by atoms with van der Waals surface area (Å²) >= 11 is 0. The minimum atomic E-state index is -0.177. The van der Waals surface area contributed by atoms with Gasteiger partial charge in [0, 0.05) is 12.6 Å². The van der Waals surface area contributed by atoms with Gasteiger partial charge < -0.3 is 25.7 Å². The average Bonchev–Trinajstić information content (AvgIpc) is 2.93. The van der Waals surface area contributed by atoms with Gasteiger partial charge in [0.15, 0.2) is 12.4 Å². The fourth-order valence-electron chi connectivity index (χ4n) is 2.15. The molecule has 21 heavy (non-hydrogen) atoms. The average molecular weight is 288 g/mol. The van der Waals surface area contributed by atoms with Gasteiger partial charge in [0.25, 0.3) is 5.91 Å². The molecule has 1 aromatic carbocycles. The first kappa shape index (κ1) is 13.2. The molecule has 0 spiro atoms. The number of rotatable bonds is 4. The number of hydrogen-bond donors (Lipinski definition) is 3. The number of amides is 1. The van der Waals surface area contributed by atoms with Crippen LogP contribution in [-0.4, -0.2) is 27.3 Å². The smallest absolute Gasteiger partial charge is 0.262 e. The molecule has 0 atom stereocenters. The monoisotopic (exact) mass is 288 g/mol. The molecule has 3 rings (SSSR count). The molecule has 1 aromatic heterocycles. The first-order valence-corrected chi connectivity index (χ1v) is 6.64. The highest BCUT2D eigenvalue weighted by molar-refractivity contribution is 5.97. The molecule has 4 N–H and O–H groups in total. The highest BCUT2D eigenvalue weighted by atomic mass is 16.5. The first-order chi connectivity index (χ1) is 10.2. The molecule has 1 aliphatic heterocycles. The lowest BCUT2D eigenvalue weighted by atomic mass is 10.2. The normalized spacial score (nSPS) is 13.3. The summed E-state index contributed by atoms with van der Waals surface area (Å²) in [4.78, 5) is 11.3. The van der Waals surface area contributed by atoms with Crippen LogP contribution in [0.3, 0.4) is 0 Å². The molecular formula is C13H16N6O2. The Kier molecular flexibility index (Phi) is 3.35. The van der Waals surface area contributed by atoms with Crippen molar-refractivity contribution < 1.29 is 9.53 Å². The topological polar surface area (TPSA) is 107 Å². The summed E-state index contributed by atoms with van der Waals surface area (Å²) in [7, 11) is 0. The molecule has 8 nitrogen and oxygen atoms in total. The van der Waals surface area contributed by atoms with Gasteiger partial charge in [-0.3, -0.25) is 4.79 Å². The number of ether oxygens (including phenoxy) is 1. The van der Waals surface area contributed by atoms with Crippen LogP contribution in [0.25, 0.3) is 0 Å². The van der Waals surface area contributed by atoms with Crippen LogP contribution >= 0.6 is 0 Å². The third kappa shape index (κ3) is 2.60. The van der Waals surface area contributed by atoms with E-state index in [1.807, 2.05) is 11.5 Å². The van der Waals surface area contributed by atoms with Crippen molar-refractivity contribution in [2.75, 3.05) is 23.0 Å². The Hall–Kier alpha value is -2.77. The molecular weight excluding hydrogens is 272 g/mol. The van der Waals surface area contributed by atoms with E-state index in [-0.39, 0.29) is 12.5 Å². The number of nitrogen functional groups attached to an aromatic ring is 1. The van der Waals surface area contributed by atoms with Gasteiger partial charge in [-0.2, -0.15) is 0 Å². The second kappa shape index (κ2) is 5.31. The molecule has 2 aromatic rings. The van der Waals surface area contributed by atoms with Crippen molar-refractivity contribution in [2.24, 2.45) is 0 Å². The maximum atomic E-state index is 11.3. The van der Waals surface area contributed by atoms with Crippen molar-refractivity contribution >= 4 is 23.0 Å². The van der Waals surface area contributed by atoms with Gasteiger partial charge in [0.1, 0.15) is 12.1 Å². The van der Waals surface area contributed by atoms with Crippen LogP contribution in [0.4, 0.5) is 17.1 Å². The summed E-state index contributed by atoms with van der Waals surface area (Å²) < 4.78 is 7.25. The molecule has 8 heteroatoms. The number of nitrogens with one attached hydrogen (secondary N) is 2. The molecule has 0 aliphatic carbocycles. The minimum Gasteiger partial charge on any atom is -0.482 e. The van der Waals surface area contributed by atoms with Crippen molar-refractivity contribution in [2.45, 2.75) is 20.0 Å². The summed E-state index contributed by atoms with van der Waals surface area (Å²) in [5.74, 6) is 1.22. The van der Waals surface area contributed by atoms with Gasteiger partial charge in [-0.15, -0.1) is 10.2 Å². The Morgan fingerprint density at radius 2 is 2.38 bits per heavy atom. The Labute approximate surface area is 121 Å². The van der Waals surface area contributed by atoms with Gasteiger partial charge >= 0.3 is 0 Å². The van der Waals surface area contributed by atoms with Gasteiger partial charge in [0.2, 0.25) is 0 Å². The van der Waals surface area contributed by atoms with Crippen molar-refractivity contribution in [1.82, 2.24) is 14.8 Å². The van der Waals surface area contributed by atoms with E-state index < -0.39 is 0 Å². The predicted molar refractivity (Wildman–Crippen MR) is 78.0 cm³/mol. The molecule has 0 radical (unpaired) electrons. The third-order valence-electron chi connectivity index (χ3n) is 3.26. The SMILES string of the molecule is CCn1cnnc1CNc1cc2c(cc1N)OCC(=O)N2. The fourth-order valence-corrected chi connectivity index (χ4v) is 2.15. The number of hydrogen-bond acceptors (Lipinski definition) is 6. The zero-order valence-corrected chi connectivity index (χ0v) is 11.6. The lowest BCUT2D eigenvalue weighted by molar-refractivity contribution is -0.118. The van der Waals surface area contributed by atoms with E-state index in [1.54, 1.807) is 18.5 Å². The Bertz CT molecular complexity index is 681. The molecule has 0 fully saturated rings. The summed E-state index contributed by atoms with van der Waals surface area (Å²) in [6.45, 7) is 3.32. The number of benzene rings is 1. The Balaban J connectivity index is 1.79. The lowest BCUT2D eigenvalue weighted by Gasteiger charge is -2.20. The van der Waals surface area contributed by atoms with Crippen LogP contribution in [-0.2, 0) is 17.9 Å². The number of aromatic nitrogens is 3. The first-order valence-electron chi connectivity index (χ1n) is 6.64. The number of fused-ring (bicyclic) bond motifs is 1. The Morgan fingerprint density at radius 1 is 1.52 bits per heavy atom. The summed E-state index contributed by atoms with van der Waals surface area (Å²) in [6, 6.07) is 3.45. The van der Waals surface area contributed by atoms with Crippen molar-refractivity contribution in [3.63, 3.8) is 0 Å². The Morgan fingerprint density at radius 3 is 3.19 bits per heavy atom. The molecule has 110 valence electrons. The zero-order chi connectivity index (χ0) is 14.8. The van der Waals surface area contributed by atoms with Gasteiger partial charge in [0.05, 0.1) is 23.6 Å². The largest absolute Gasteiger partial charge is 0.482 e. The number of carbonyl (C=O) groups is 1. The van der Waals surface area contributed by atoms with E-state index in [2.05, 4.69) is 20.8 Å². The molecule has 2 heterocycles. The summed E-state index contributed by atoms with van der Waals surface area (Å²) in [5, 5.41) is 13.9. The van der Waals surface area contributed by atoms with Crippen LogP contribution in [0.15, 0.2) is 18.5 Å². The quantitative estimate of drug-likeness (QED) is 0.719. The van der Waals surface area contributed by atoms with Crippen LogP contribution in [0, 0.1) is 0 Å². The number of carbonyl (C=O) groups excluding carboxylic acids is 1. The summed E-state index contributed by atoms with van der Waals surface area (Å²) in [6.07, 6.45) is 1.68. The standard InChI is InChI=1S/C13H16N6O2/c1-2-19-7-16-18-12(19)5-15-9-4-10-11(3-8(9)14)21-6-13(20)17-10/h3-4,7,15H,2,5-6,14H2,1H3,(H,17,20). The number of aryl methyl sites for hydroxylation is 1. The van der Waals surface area contributed by atoms with Crippen LogP contribution < -0.4 is 21.1 Å². The zero-order valence-electron chi connectivity index (χ0n) is 11.6. The van der Waals surface area contributed by atoms with Crippen LogP contribution in [0.5, 0.6) is 5.75 Å². The maximum absolute atomic E-state index is 11.3. The van der Waals surface area contributed by atoms with E-state index in [4.69, 9.17) is 10.5 Å². The molecule has 1 amide bonds. The van der Waals surface area contributed by atoms with E-state index in [1.165, 1.54) is 0 Å². The van der Waals surface area contributed by atoms with Crippen molar-refractivity contribution in [3.8, 4) is 5.75 Å². The van der Waals surface area contributed by atoms with E-state index in [0.29, 0.717) is 29.4 Å². The number of nitrogens with zero attached hydrogens (tertiary/aromatic N) is 3. The van der Waals surface area contributed by atoms with Gasteiger partial charge in [-0.1, -0.05) is 0 Å². The summed E-state index contributed by atoms with van der Waals surface area (Å²) in [5.41, 5.74) is 7.86. The van der Waals surface area contributed by atoms with E-state index in [0.717, 1.165) is 12.4 Å². The lowest BCUT2D eigenvalue weighted by Crippen LogP contribution is -2.25. The highest BCUT2D eigenvalue weighted by Gasteiger charge is 2.18. The molecule has 0 bridgehead atoms. The van der Waals surface area contributed by atoms with E-state index >= 15 is 0 Å². The highest BCUT2D eigenvalue weighted by Crippen LogP contribution is 2.35. The predicted octanol–water partition coefficient (Wildman–Crippen LogP) is 0.823. The molecule has 0 saturated heterocycles. The molecule has 0 saturated carbocycles. The van der Waals surface area contributed by atoms with Crippen LogP contribution in [0.1, 0.15) is 12.7 Å². The second-order valence-corrected chi connectivity index (χ2v) is 4.66. The van der Waals surface area contributed by atoms with Crippen molar-refractivity contribution in [3.05, 3.63) is 24.3 Å². The number of nitrogens with two attached hydrogens (primary N) is 1. The fraction of sp³-hybridized carbons (Fsp3) is 0.308. The molecule has 0 unspecified atom stereocenters. The third-order valence-corrected chi connectivity index (χ3v) is 3.26. The second-order valence-electron chi connectivity index (χ2n) is 4.66. The maximum Gasteiger partial charge on any atom is 0.262 e. The molecule has 1 aliphatic rings. The van der Waals surface area contributed by atoms with Gasteiger partial charge in [-0.25, -0.2) is 0 Å². The van der Waals surface area contributed by atoms with Crippen LogP contribution in [0.2, 0.25) is 0 Å². The van der Waals surface area contributed by atoms with E-state index in [9.17, 15) is 4.79 Å².